The van der Waals surface area contributed by atoms with Crippen molar-refractivity contribution in [2.75, 3.05) is 6.54 Å². The van der Waals surface area contributed by atoms with Crippen LogP contribution in [0.1, 0.15) is 64.4 Å². The highest BCUT2D eigenvalue weighted by atomic mass is 35.5. The topological polar surface area (TPSA) is 256 Å². The molecule has 16 nitrogen and oxygen atoms in total. The molecule has 1 aliphatic carbocycles. The molecule has 3 aliphatic rings. The van der Waals surface area contributed by atoms with Gasteiger partial charge in [-0.25, -0.2) is 0 Å². The van der Waals surface area contributed by atoms with Crippen molar-refractivity contribution in [2.24, 2.45) is 17.6 Å². The number of guanidine groups is 1. The summed E-state index contributed by atoms with van der Waals surface area (Å²) in [5.41, 5.74) is 5.94. The quantitative estimate of drug-likeness (QED) is 0.0847. The number of nitrogens with zero attached hydrogens (tertiary/aromatic N) is 2. The van der Waals surface area contributed by atoms with E-state index < -0.39 is 70.7 Å². The predicted octanol–water partition coefficient (Wildman–Crippen LogP) is -0.121. The molecule has 3 fully saturated rings. The molecule has 9 N–H and O–H groups in total. The molecule has 0 radical (unpaired) electrons. The summed E-state index contributed by atoms with van der Waals surface area (Å²) in [6.07, 6.45) is -0.879. The van der Waals surface area contributed by atoms with Crippen molar-refractivity contribution in [3.63, 3.8) is 0 Å². The molecule has 2 heterocycles. The van der Waals surface area contributed by atoms with Crippen molar-refractivity contribution < 1.29 is 46.9 Å². The summed E-state index contributed by atoms with van der Waals surface area (Å²) in [7, 11) is -4.82. The molecule has 1 unspecified atom stereocenters. The fourth-order valence-electron chi connectivity index (χ4n) is 6.96. The Bertz CT molecular complexity index is 1480. The van der Waals surface area contributed by atoms with Crippen molar-refractivity contribution in [3.8, 4) is 5.75 Å². The van der Waals surface area contributed by atoms with Crippen LogP contribution >= 0.6 is 11.6 Å². The summed E-state index contributed by atoms with van der Waals surface area (Å²) in [4.78, 5) is 44.1. The number of halogens is 1. The molecule has 0 spiro atoms. The van der Waals surface area contributed by atoms with Crippen LogP contribution in [0.4, 0.5) is 0 Å². The van der Waals surface area contributed by atoms with Crippen molar-refractivity contribution in [1.82, 2.24) is 20.4 Å². The first-order chi connectivity index (χ1) is 22.4. The van der Waals surface area contributed by atoms with Gasteiger partial charge < -0.3 is 45.7 Å². The number of nitrogens with one attached hydrogen (secondary N) is 3. The van der Waals surface area contributed by atoms with Crippen molar-refractivity contribution in [3.05, 3.63) is 28.8 Å². The number of nitrogens with two attached hydrogens (primary N) is 1. The molecule has 3 amide bonds. The molecule has 1 aromatic carbocycles. The highest BCUT2D eigenvalue weighted by Gasteiger charge is 2.51. The van der Waals surface area contributed by atoms with Crippen molar-refractivity contribution in [1.29, 1.82) is 5.41 Å². The zero-order chi connectivity index (χ0) is 35.5. The van der Waals surface area contributed by atoms with Gasteiger partial charge >= 0.3 is 10.4 Å². The van der Waals surface area contributed by atoms with E-state index in [1.165, 1.54) is 21.9 Å². The summed E-state index contributed by atoms with van der Waals surface area (Å²) < 4.78 is 35.3. The second kappa shape index (κ2) is 15.6. The SMILES string of the molecule is CC(C)C[C@@H](NC(=O)[C@H](O)Cc1ccc(OS(=O)(=O)O)c(Cl)c1)C(=O)N1[C@H](C(=O)N[C@H]2CCCN(C(=N)N)C2O)C[C@@H]2CC[C@@H](O)C[C@@H]21. The van der Waals surface area contributed by atoms with E-state index >= 15 is 0 Å². The standard InChI is InChI=1S/C30H45ClN6O10S/c1-15(2)10-21(35-27(41)24(39)12-16-5-8-25(19(31)11-16)47-48(44,45)46)29(43)37-22-14-18(38)7-6-17(22)13-23(37)26(40)34-20-4-3-9-36(28(20)42)30(32)33/h5,8,11,15,17-18,20-24,28,38-39,42H,3-4,6-7,9-10,12-14H2,1-2H3,(H3,32,33)(H,34,40)(H,35,41)(H,44,45,46)/t17-,18+,20-,21+,22-,23-,24+,28?/m0/s1. The lowest BCUT2D eigenvalue weighted by molar-refractivity contribution is -0.146. The number of aliphatic hydroxyl groups is 3. The minimum atomic E-state index is -4.82. The molecule has 4 rings (SSSR count). The summed E-state index contributed by atoms with van der Waals surface area (Å²) in [5.74, 6) is -2.71. The maximum atomic E-state index is 14.3. The monoisotopic (exact) mass is 716 g/mol. The second-order valence-corrected chi connectivity index (χ2v) is 14.7. The average Bonchev–Trinajstić information content (AvgIpc) is 3.36. The van der Waals surface area contributed by atoms with Crippen LogP contribution in [0, 0.1) is 17.2 Å². The van der Waals surface area contributed by atoms with E-state index in [1.54, 1.807) is 0 Å². The maximum absolute atomic E-state index is 14.3. The number of hydrogen-bond acceptors (Lipinski definition) is 10. The van der Waals surface area contributed by atoms with E-state index in [0.29, 0.717) is 44.2 Å². The van der Waals surface area contributed by atoms with Gasteiger partial charge in [0.1, 0.15) is 24.4 Å². The van der Waals surface area contributed by atoms with Crippen molar-refractivity contribution >= 4 is 45.7 Å². The number of aliphatic hydroxyl groups excluding tert-OH is 3. The number of carbonyl (C=O) groups excluding carboxylic acids is 3. The Hall–Kier alpha value is -3.22. The highest BCUT2D eigenvalue weighted by molar-refractivity contribution is 7.81. The Kier molecular flexibility index (Phi) is 12.2. The van der Waals surface area contributed by atoms with Gasteiger partial charge in [-0.05, 0) is 74.5 Å². The van der Waals surface area contributed by atoms with Gasteiger partial charge in [-0.2, -0.15) is 8.42 Å². The first-order valence-corrected chi connectivity index (χ1v) is 17.7. The van der Waals surface area contributed by atoms with E-state index in [-0.39, 0.29) is 47.8 Å². The van der Waals surface area contributed by atoms with Gasteiger partial charge in [0, 0.05) is 19.0 Å². The Labute approximate surface area is 284 Å². The van der Waals surface area contributed by atoms with E-state index in [2.05, 4.69) is 14.8 Å². The van der Waals surface area contributed by atoms with Gasteiger partial charge in [0.15, 0.2) is 11.7 Å². The zero-order valence-corrected chi connectivity index (χ0v) is 28.4. The second-order valence-electron chi connectivity index (χ2n) is 13.2. The number of likely N-dealkylation sites (tertiary alicyclic amines) is 2. The molecule has 48 heavy (non-hydrogen) atoms. The molecule has 18 heteroatoms. The number of amides is 3. The molecule has 1 saturated carbocycles. The van der Waals surface area contributed by atoms with E-state index in [9.17, 15) is 38.1 Å². The predicted molar refractivity (Wildman–Crippen MR) is 173 cm³/mol. The highest BCUT2D eigenvalue weighted by Crippen LogP contribution is 2.41. The number of rotatable bonds is 11. The van der Waals surface area contributed by atoms with Gasteiger partial charge in [0.25, 0.3) is 0 Å². The molecule has 0 bridgehead atoms. The van der Waals surface area contributed by atoms with Crippen LogP contribution in [0.2, 0.25) is 5.02 Å². The third-order valence-electron chi connectivity index (χ3n) is 9.18. The molecule has 1 aromatic rings. The van der Waals surface area contributed by atoms with Gasteiger partial charge in [-0.15, -0.1) is 0 Å². The Balaban J connectivity index is 1.52. The van der Waals surface area contributed by atoms with Gasteiger partial charge in [-0.1, -0.05) is 31.5 Å². The molecule has 8 atom stereocenters. The number of carbonyl (C=O) groups is 3. The maximum Gasteiger partial charge on any atom is 0.446 e. The van der Waals surface area contributed by atoms with Crippen LogP contribution in [0.3, 0.4) is 0 Å². The number of hydrogen-bond donors (Lipinski definition) is 8. The molecule has 2 aliphatic heterocycles. The van der Waals surface area contributed by atoms with Crippen molar-refractivity contribution in [2.45, 2.75) is 108 Å². The molecular formula is C30H45ClN6O10S. The van der Waals surface area contributed by atoms with Crippen LogP contribution in [-0.4, -0.2) is 111 Å². The van der Waals surface area contributed by atoms with Crippen LogP contribution in [0.5, 0.6) is 5.75 Å². The first-order valence-electron chi connectivity index (χ1n) is 16.0. The molecule has 0 aromatic heterocycles. The van der Waals surface area contributed by atoms with E-state index in [1.807, 2.05) is 13.8 Å². The Morgan fingerprint density at radius 3 is 2.50 bits per heavy atom. The van der Waals surface area contributed by atoms with E-state index in [0.717, 1.165) is 6.07 Å². The fraction of sp³-hybridized carbons (Fsp3) is 0.667. The molecule has 2 saturated heterocycles. The molecule has 268 valence electrons. The number of fused-ring (bicyclic) bond motifs is 1. The normalized spacial score (nSPS) is 27.2. The number of piperidine rings is 1. The largest absolute Gasteiger partial charge is 0.446 e. The Morgan fingerprint density at radius 1 is 1.17 bits per heavy atom. The van der Waals surface area contributed by atoms with Crippen LogP contribution in [0.25, 0.3) is 0 Å². The molecular weight excluding hydrogens is 672 g/mol. The fourth-order valence-corrected chi connectivity index (χ4v) is 7.62. The van der Waals surface area contributed by atoms with Gasteiger partial charge in [-0.3, -0.25) is 24.3 Å². The third kappa shape index (κ3) is 9.26. The van der Waals surface area contributed by atoms with Crippen LogP contribution in [0.15, 0.2) is 18.2 Å². The smallest absolute Gasteiger partial charge is 0.393 e. The summed E-state index contributed by atoms with van der Waals surface area (Å²) in [6.45, 7) is 4.07. The van der Waals surface area contributed by atoms with Gasteiger partial charge in [0.2, 0.25) is 17.7 Å². The zero-order valence-electron chi connectivity index (χ0n) is 26.8. The lowest BCUT2D eigenvalue weighted by atomic mass is 9.83. The average molecular weight is 717 g/mol. The lowest BCUT2D eigenvalue weighted by Gasteiger charge is -2.40. The Morgan fingerprint density at radius 2 is 1.88 bits per heavy atom. The summed E-state index contributed by atoms with van der Waals surface area (Å²) in [5, 5.41) is 45.1. The minimum Gasteiger partial charge on any atom is -0.393 e. The van der Waals surface area contributed by atoms with E-state index in [4.69, 9.17) is 27.3 Å². The van der Waals surface area contributed by atoms with Gasteiger partial charge in [0.05, 0.1) is 17.2 Å². The lowest BCUT2D eigenvalue weighted by Crippen LogP contribution is -2.62. The first kappa shape index (κ1) is 37.6. The van der Waals surface area contributed by atoms with Crippen LogP contribution in [-0.2, 0) is 31.2 Å². The summed E-state index contributed by atoms with van der Waals surface area (Å²) in [6, 6.07) is 0.491. The third-order valence-corrected chi connectivity index (χ3v) is 9.87. The number of benzene rings is 1. The summed E-state index contributed by atoms with van der Waals surface area (Å²) >= 11 is 6.04. The van der Waals surface area contributed by atoms with Crippen LogP contribution < -0.4 is 20.6 Å². The minimum absolute atomic E-state index is 0.0726.